The first-order valence-electron chi connectivity index (χ1n) is 7.41. The molecule has 0 atom stereocenters. The second-order valence-electron chi connectivity index (χ2n) is 5.37. The molecule has 0 spiro atoms. The Bertz CT molecular complexity index is 843. The molecule has 0 bridgehead atoms. The van der Waals surface area contributed by atoms with Crippen molar-refractivity contribution >= 4 is 28.9 Å². The van der Waals surface area contributed by atoms with E-state index in [1.165, 1.54) is 0 Å². The first-order chi connectivity index (χ1) is 11.3. The molecule has 4 nitrogen and oxygen atoms in total. The number of nitrogens with one attached hydrogen (secondary N) is 2. The Labute approximate surface area is 138 Å². The highest BCUT2D eigenvalue weighted by Crippen LogP contribution is 2.39. The lowest BCUT2D eigenvalue weighted by Gasteiger charge is -2.13. The summed E-state index contributed by atoms with van der Waals surface area (Å²) >= 11 is 1.65. The SMILES string of the molecule is O=C1CSCc2[nH]c(-c3ccncc3)c(Nc3ccccc3)c21. The summed E-state index contributed by atoms with van der Waals surface area (Å²) in [5.41, 5.74) is 5.58. The number of aromatic amines is 1. The molecule has 1 aliphatic heterocycles. The summed E-state index contributed by atoms with van der Waals surface area (Å²) in [5.74, 6) is 1.53. The number of aromatic nitrogens is 2. The summed E-state index contributed by atoms with van der Waals surface area (Å²) in [5, 5.41) is 3.43. The van der Waals surface area contributed by atoms with Crippen LogP contribution in [0.3, 0.4) is 0 Å². The lowest BCUT2D eigenvalue weighted by atomic mass is 10.1. The number of hydrogen-bond acceptors (Lipinski definition) is 4. The zero-order valence-electron chi connectivity index (χ0n) is 12.4. The molecule has 2 aromatic heterocycles. The van der Waals surface area contributed by atoms with Gasteiger partial charge in [-0.15, -0.1) is 11.8 Å². The number of carbonyl (C=O) groups is 1. The molecule has 114 valence electrons. The molecule has 0 saturated carbocycles. The maximum absolute atomic E-state index is 12.4. The molecule has 2 N–H and O–H groups in total. The number of benzene rings is 1. The first-order valence-corrected chi connectivity index (χ1v) is 8.56. The van der Waals surface area contributed by atoms with E-state index in [-0.39, 0.29) is 5.78 Å². The van der Waals surface area contributed by atoms with Crippen molar-refractivity contribution in [2.45, 2.75) is 5.75 Å². The van der Waals surface area contributed by atoms with Gasteiger partial charge in [0.2, 0.25) is 0 Å². The van der Waals surface area contributed by atoms with E-state index < -0.39 is 0 Å². The Hall–Kier alpha value is -2.53. The summed E-state index contributed by atoms with van der Waals surface area (Å²) in [7, 11) is 0. The predicted molar refractivity (Wildman–Crippen MR) is 94.2 cm³/mol. The molecule has 0 aliphatic carbocycles. The van der Waals surface area contributed by atoms with Crippen LogP contribution in [-0.4, -0.2) is 21.5 Å². The van der Waals surface area contributed by atoms with Gasteiger partial charge < -0.3 is 10.3 Å². The van der Waals surface area contributed by atoms with E-state index in [1.54, 1.807) is 24.2 Å². The van der Waals surface area contributed by atoms with Gasteiger partial charge in [-0.25, -0.2) is 0 Å². The van der Waals surface area contributed by atoms with Crippen LogP contribution in [0.4, 0.5) is 11.4 Å². The largest absolute Gasteiger partial charge is 0.355 e. The third-order valence-electron chi connectivity index (χ3n) is 3.85. The fourth-order valence-corrected chi connectivity index (χ4v) is 3.66. The number of pyridine rings is 1. The summed E-state index contributed by atoms with van der Waals surface area (Å²) in [6.07, 6.45) is 3.52. The van der Waals surface area contributed by atoms with E-state index in [2.05, 4.69) is 15.3 Å². The number of para-hydroxylation sites is 1. The van der Waals surface area contributed by atoms with Gasteiger partial charge in [0.15, 0.2) is 5.78 Å². The zero-order valence-corrected chi connectivity index (χ0v) is 13.2. The van der Waals surface area contributed by atoms with Crippen molar-refractivity contribution in [2.24, 2.45) is 0 Å². The standard InChI is InChI=1S/C18H15N3OS/c22-15-11-23-10-14-16(15)18(20-13-4-2-1-3-5-13)17(21-14)12-6-8-19-9-7-12/h1-9,20-21H,10-11H2. The molecular weight excluding hydrogens is 306 g/mol. The molecule has 3 aromatic rings. The maximum atomic E-state index is 12.4. The van der Waals surface area contributed by atoms with Gasteiger partial charge in [-0.2, -0.15) is 0 Å². The van der Waals surface area contributed by atoms with Crippen LogP contribution >= 0.6 is 11.8 Å². The van der Waals surface area contributed by atoms with Crippen molar-refractivity contribution in [2.75, 3.05) is 11.1 Å². The number of H-pyrrole nitrogens is 1. The molecule has 1 aromatic carbocycles. The third-order valence-corrected chi connectivity index (χ3v) is 4.81. The maximum Gasteiger partial charge on any atom is 0.176 e. The highest BCUT2D eigenvalue weighted by molar-refractivity contribution is 7.99. The number of rotatable bonds is 3. The fraction of sp³-hybridized carbons (Fsp3) is 0.111. The van der Waals surface area contributed by atoms with Crippen LogP contribution in [0, 0.1) is 0 Å². The van der Waals surface area contributed by atoms with E-state index in [1.807, 2.05) is 42.5 Å². The summed E-state index contributed by atoms with van der Waals surface area (Å²) < 4.78 is 0. The van der Waals surface area contributed by atoms with Crippen LogP contribution in [0.5, 0.6) is 0 Å². The van der Waals surface area contributed by atoms with Crippen molar-refractivity contribution in [3.63, 3.8) is 0 Å². The molecule has 0 amide bonds. The number of hydrogen-bond donors (Lipinski definition) is 2. The number of fused-ring (bicyclic) bond motifs is 1. The van der Waals surface area contributed by atoms with Crippen molar-refractivity contribution in [3.05, 3.63) is 66.1 Å². The van der Waals surface area contributed by atoms with Crippen LogP contribution in [-0.2, 0) is 5.75 Å². The average molecular weight is 321 g/mol. The number of thioether (sulfide) groups is 1. The van der Waals surface area contributed by atoms with Gasteiger partial charge in [-0.1, -0.05) is 18.2 Å². The number of ketones is 1. The minimum atomic E-state index is 0.172. The van der Waals surface area contributed by atoms with Gasteiger partial charge in [0.25, 0.3) is 0 Å². The Morgan fingerprint density at radius 2 is 1.83 bits per heavy atom. The fourth-order valence-electron chi connectivity index (χ4n) is 2.81. The monoisotopic (exact) mass is 321 g/mol. The number of Topliss-reactive ketones (excluding diaryl/α,β-unsaturated/α-hetero) is 1. The second kappa shape index (κ2) is 5.93. The highest BCUT2D eigenvalue weighted by atomic mass is 32.2. The number of nitrogens with zero attached hydrogens (tertiary/aromatic N) is 1. The quantitative estimate of drug-likeness (QED) is 0.757. The Kier molecular flexibility index (Phi) is 3.63. The molecule has 0 radical (unpaired) electrons. The number of anilines is 2. The van der Waals surface area contributed by atoms with Gasteiger partial charge in [0.1, 0.15) is 0 Å². The highest BCUT2D eigenvalue weighted by Gasteiger charge is 2.27. The Morgan fingerprint density at radius 3 is 2.61 bits per heavy atom. The summed E-state index contributed by atoms with van der Waals surface area (Å²) in [6.45, 7) is 0. The van der Waals surface area contributed by atoms with Gasteiger partial charge in [-0.05, 0) is 24.3 Å². The van der Waals surface area contributed by atoms with Crippen LogP contribution < -0.4 is 5.32 Å². The zero-order chi connectivity index (χ0) is 15.6. The number of carbonyl (C=O) groups excluding carboxylic acids is 1. The summed E-state index contributed by atoms with van der Waals surface area (Å²) in [6, 6.07) is 13.8. The van der Waals surface area contributed by atoms with Crippen LogP contribution in [0.15, 0.2) is 54.9 Å². The molecule has 4 rings (SSSR count). The predicted octanol–water partition coefficient (Wildman–Crippen LogP) is 4.25. The summed E-state index contributed by atoms with van der Waals surface area (Å²) in [4.78, 5) is 20.0. The minimum absolute atomic E-state index is 0.172. The van der Waals surface area contributed by atoms with Gasteiger partial charge >= 0.3 is 0 Å². The molecule has 0 unspecified atom stereocenters. The van der Waals surface area contributed by atoms with Crippen molar-refractivity contribution in [1.29, 1.82) is 0 Å². The van der Waals surface area contributed by atoms with E-state index in [0.29, 0.717) is 5.75 Å². The van der Waals surface area contributed by atoms with Crippen molar-refractivity contribution in [3.8, 4) is 11.3 Å². The minimum Gasteiger partial charge on any atom is -0.355 e. The molecule has 23 heavy (non-hydrogen) atoms. The third kappa shape index (κ3) is 2.64. The molecule has 3 heterocycles. The molecule has 0 fully saturated rings. The van der Waals surface area contributed by atoms with Crippen LogP contribution in [0.25, 0.3) is 11.3 Å². The van der Waals surface area contributed by atoms with E-state index in [4.69, 9.17) is 0 Å². The lowest BCUT2D eigenvalue weighted by molar-refractivity contribution is 0.102. The van der Waals surface area contributed by atoms with Gasteiger partial charge in [0.05, 0.1) is 22.7 Å². The Morgan fingerprint density at radius 1 is 1.04 bits per heavy atom. The molecule has 0 saturated heterocycles. The lowest BCUT2D eigenvalue weighted by Crippen LogP contribution is -2.11. The van der Waals surface area contributed by atoms with Gasteiger partial charge in [0, 0.05) is 35.1 Å². The van der Waals surface area contributed by atoms with Crippen molar-refractivity contribution in [1.82, 2.24) is 9.97 Å². The van der Waals surface area contributed by atoms with Crippen LogP contribution in [0.2, 0.25) is 0 Å². The molecule has 1 aliphatic rings. The van der Waals surface area contributed by atoms with Gasteiger partial charge in [-0.3, -0.25) is 9.78 Å². The first kappa shape index (κ1) is 14.1. The Balaban J connectivity index is 1.87. The van der Waals surface area contributed by atoms with E-state index >= 15 is 0 Å². The molecule has 5 heteroatoms. The van der Waals surface area contributed by atoms with E-state index in [9.17, 15) is 4.79 Å². The topological polar surface area (TPSA) is 57.8 Å². The average Bonchev–Trinajstić information content (AvgIpc) is 2.96. The normalized spacial score (nSPS) is 13.7. The van der Waals surface area contributed by atoms with Crippen molar-refractivity contribution < 1.29 is 4.79 Å². The van der Waals surface area contributed by atoms with E-state index in [0.717, 1.165) is 39.6 Å². The van der Waals surface area contributed by atoms with Crippen LogP contribution in [0.1, 0.15) is 16.1 Å². The second-order valence-corrected chi connectivity index (χ2v) is 6.36. The smallest absolute Gasteiger partial charge is 0.176 e. The molecular formula is C18H15N3OS.